The third kappa shape index (κ3) is 4.51. The van der Waals surface area contributed by atoms with Crippen molar-refractivity contribution >= 4 is 35.1 Å². The van der Waals surface area contributed by atoms with E-state index in [1.54, 1.807) is 12.1 Å². The van der Waals surface area contributed by atoms with E-state index < -0.39 is 0 Å². The van der Waals surface area contributed by atoms with E-state index in [1.165, 1.54) is 19.3 Å². The van der Waals surface area contributed by atoms with E-state index in [2.05, 4.69) is 21.9 Å². The average molecular weight is 328 g/mol. The molecule has 4 nitrogen and oxygen atoms in total. The Hall–Kier alpha value is -0.940. The Morgan fingerprint density at radius 1 is 1.43 bits per heavy atom. The number of rotatable bonds is 5. The number of carbonyl (C=O) groups is 1. The summed E-state index contributed by atoms with van der Waals surface area (Å²) in [5.41, 5.74) is 0.566. The van der Waals surface area contributed by atoms with Crippen molar-refractivity contribution in [3.63, 3.8) is 0 Å². The minimum absolute atomic E-state index is 0.0654. The van der Waals surface area contributed by atoms with Gasteiger partial charge >= 0.3 is 0 Å². The van der Waals surface area contributed by atoms with Crippen LogP contribution < -0.4 is 10.6 Å². The van der Waals surface area contributed by atoms with E-state index in [0.29, 0.717) is 21.8 Å². The molecule has 1 heterocycles. The molecule has 1 fully saturated rings. The number of nitrogens with one attached hydrogen (secondary N) is 2. The lowest BCUT2D eigenvalue weighted by molar-refractivity contribution is 0.0929. The first kappa shape index (κ1) is 16.4. The maximum atomic E-state index is 12.4. The Bertz CT molecular complexity index is 498. The molecule has 2 atom stereocenters. The van der Waals surface area contributed by atoms with E-state index >= 15 is 0 Å². The van der Waals surface area contributed by atoms with E-state index in [1.807, 2.05) is 18.7 Å². The summed E-state index contributed by atoms with van der Waals surface area (Å²) in [4.78, 5) is 16.6. The number of thioether (sulfide) groups is 1. The molecule has 2 N–H and O–H groups in total. The van der Waals surface area contributed by atoms with Crippen molar-refractivity contribution in [1.82, 2.24) is 10.3 Å². The number of aromatic nitrogens is 1. The molecule has 0 aromatic carbocycles. The Labute approximate surface area is 135 Å². The second kappa shape index (κ2) is 7.90. The van der Waals surface area contributed by atoms with Gasteiger partial charge in [-0.1, -0.05) is 24.4 Å². The summed E-state index contributed by atoms with van der Waals surface area (Å²) >= 11 is 7.83. The van der Waals surface area contributed by atoms with Crippen molar-refractivity contribution < 1.29 is 4.79 Å². The van der Waals surface area contributed by atoms with Gasteiger partial charge in [-0.3, -0.25) is 4.79 Å². The van der Waals surface area contributed by atoms with Crippen molar-refractivity contribution in [2.45, 2.75) is 43.9 Å². The molecule has 2 rings (SSSR count). The molecule has 1 aromatic heterocycles. The maximum Gasteiger partial charge on any atom is 0.251 e. The summed E-state index contributed by atoms with van der Waals surface area (Å²) in [5, 5.41) is 7.09. The van der Waals surface area contributed by atoms with Gasteiger partial charge in [-0.15, -0.1) is 0 Å². The summed E-state index contributed by atoms with van der Waals surface area (Å²) in [7, 11) is 0. The summed E-state index contributed by atoms with van der Waals surface area (Å²) < 4.78 is 0. The molecule has 0 saturated heterocycles. The number of carbonyl (C=O) groups excluding carboxylic acids is 1. The van der Waals surface area contributed by atoms with Crippen LogP contribution in [0, 0.1) is 0 Å². The van der Waals surface area contributed by atoms with Crippen LogP contribution in [0.5, 0.6) is 0 Å². The van der Waals surface area contributed by atoms with Gasteiger partial charge in [0.25, 0.3) is 5.91 Å². The molecule has 1 aliphatic rings. The maximum absolute atomic E-state index is 12.4. The van der Waals surface area contributed by atoms with Gasteiger partial charge in [-0.05, 0) is 38.2 Å². The van der Waals surface area contributed by atoms with Crippen molar-refractivity contribution in [1.29, 1.82) is 0 Å². The van der Waals surface area contributed by atoms with Crippen LogP contribution >= 0.6 is 23.4 Å². The molecule has 2 unspecified atom stereocenters. The van der Waals surface area contributed by atoms with E-state index in [9.17, 15) is 4.79 Å². The lowest BCUT2D eigenvalue weighted by Crippen LogP contribution is -2.43. The zero-order valence-corrected chi connectivity index (χ0v) is 14.1. The smallest absolute Gasteiger partial charge is 0.251 e. The minimum Gasteiger partial charge on any atom is -0.370 e. The molecule has 0 radical (unpaired) electrons. The van der Waals surface area contributed by atoms with Gasteiger partial charge in [0.05, 0.1) is 0 Å². The van der Waals surface area contributed by atoms with Crippen LogP contribution in [0.15, 0.2) is 12.1 Å². The summed E-state index contributed by atoms with van der Waals surface area (Å²) in [6, 6.07) is 3.62. The molecule has 1 amide bonds. The number of nitrogens with zero attached hydrogens (tertiary/aromatic N) is 1. The Balaban J connectivity index is 2.08. The predicted molar refractivity (Wildman–Crippen MR) is 90.4 cm³/mol. The largest absolute Gasteiger partial charge is 0.370 e. The van der Waals surface area contributed by atoms with Crippen LogP contribution in [0.3, 0.4) is 0 Å². The molecule has 116 valence electrons. The van der Waals surface area contributed by atoms with Gasteiger partial charge in [0.15, 0.2) is 0 Å². The fraction of sp³-hybridized carbons (Fsp3) is 0.600. The van der Waals surface area contributed by atoms with Gasteiger partial charge in [0.2, 0.25) is 0 Å². The highest BCUT2D eigenvalue weighted by Gasteiger charge is 2.26. The quantitative estimate of drug-likeness (QED) is 0.812. The molecule has 1 aliphatic carbocycles. The number of halogens is 1. The van der Waals surface area contributed by atoms with Crippen molar-refractivity contribution in [2.75, 3.05) is 18.1 Å². The standard InChI is InChI=1S/C15H22ClN3OS/c1-3-17-14-9-10(8-13(16)19-14)15(20)18-11-6-4-5-7-12(11)21-2/h8-9,11-12H,3-7H2,1-2H3,(H,17,19)(H,18,20). The molecule has 1 aromatic rings. The van der Waals surface area contributed by atoms with Gasteiger partial charge in [-0.2, -0.15) is 11.8 Å². The zero-order chi connectivity index (χ0) is 15.2. The molecule has 6 heteroatoms. The minimum atomic E-state index is -0.0654. The molecule has 0 aliphatic heterocycles. The first-order valence-electron chi connectivity index (χ1n) is 7.39. The SMILES string of the molecule is CCNc1cc(C(=O)NC2CCCCC2SC)cc(Cl)n1. The lowest BCUT2D eigenvalue weighted by atomic mass is 9.94. The first-order chi connectivity index (χ1) is 10.1. The topological polar surface area (TPSA) is 54.0 Å². The second-order valence-corrected chi connectivity index (χ2v) is 6.70. The fourth-order valence-electron chi connectivity index (χ4n) is 2.70. The Morgan fingerprint density at radius 2 is 2.19 bits per heavy atom. The summed E-state index contributed by atoms with van der Waals surface area (Å²) in [6.07, 6.45) is 6.77. The van der Waals surface area contributed by atoms with E-state index in [0.717, 1.165) is 13.0 Å². The fourth-order valence-corrected chi connectivity index (χ4v) is 3.84. The number of amides is 1. The number of anilines is 1. The number of hydrogen-bond donors (Lipinski definition) is 2. The van der Waals surface area contributed by atoms with Gasteiger partial charge in [0.1, 0.15) is 11.0 Å². The van der Waals surface area contributed by atoms with E-state index in [-0.39, 0.29) is 11.9 Å². The number of hydrogen-bond acceptors (Lipinski definition) is 4. The van der Waals surface area contributed by atoms with E-state index in [4.69, 9.17) is 11.6 Å². The highest BCUT2D eigenvalue weighted by atomic mass is 35.5. The number of pyridine rings is 1. The van der Waals surface area contributed by atoms with Gasteiger partial charge in [0, 0.05) is 23.4 Å². The van der Waals surface area contributed by atoms with Crippen LogP contribution in [0.4, 0.5) is 5.82 Å². The monoisotopic (exact) mass is 327 g/mol. The highest BCUT2D eigenvalue weighted by molar-refractivity contribution is 7.99. The molecule has 21 heavy (non-hydrogen) atoms. The highest BCUT2D eigenvalue weighted by Crippen LogP contribution is 2.27. The van der Waals surface area contributed by atoms with Crippen LogP contribution in [0.1, 0.15) is 43.0 Å². The Kier molecular flexibility index (Phi) is 6.18. The summed E-state index contributed by atoms with van der Waals surface area (Å²) in [6.45, 7) is 2.72. The third-order valence-electron chi connectivity index (χ3n) is 3.74. The predicted octanol–water partition coefficient (Wildman–Crippen LogP) is 3.57. The van der Waals surface area contributed by atoms with Gasteiger partial charge < -0.3 is 10.6 Å². The lowest BCUT2D eigenvalue weighted by Gasteiger charge is -2.31. The van der Waals surface area contributed by atoms with Gasteiger partial charge in [-0.25, -0.2) is 4.98 Å². The van der Waals surface area contributed by atoms with Crippen molar-refractivity contribution in [2.24, 2.45) is 0 Å². The van der Waals surface area contributed by atoms with Crippen LogP contribution in [-0.4, -0.2) is 35.0 Å². The normalized spacial score (nSPS) is 21.9. The van der Waals surface area contributed by atoms with Crippen molar-refractivity contribution in [3.05, 3.63) is 22.8 Å². The first-order valence-corrected chi connectivity index (χ1v) is 9.05. The average Bonchev–Trinajstić information content (AvgIpc) is 2.47. The van der Waals surface area contributed by atoms with Crippen LogP contribution in [0.2, 0.25) is 5.15 Å². The van der Waals surface area contributed by atoms with Crippen LogP contribution in [0.25, 0.3) is 0 Å². The zero-order valence-electron chi connectivity index (χ0n) is 12.5. The molecule has 1 saturated carbocycles. The molecule has 0 spiro atoms. The molecule has 0 bridgehead atoms. The second-order valence-electron chi connectivity index (χ2n) is 5.23. The van der Waals surface area contributed by atoms with Crippen LogP contribution in [-0.2, 0) is 0 Å². The molecular formula is C15H22ClN3OS. The summed E-state index contributed by atoms with van der Waals surface area (Å²) in [5.74, 6) is 0.574. The van der Waals surface area contributed by atoms with Crippen molar-refractivity contribution in [3.8, 4) is 0 Å². The third-order valence-corrected chi connectivity index (χ3v) is 5.10. The Morgan fingerprint density at radius 3 is 2.90 bits per heavy atom. The molecular weight excluding hydrogens is 306 g/mol.